The molecule has 0 saturated carbocycles. The van der Waals surface area contributed by atoms with Crippen LogP contribution in [0.5, 0.6) is 0 Å². The third kappa shape index (κ3) is 6.32. The number of aryl methyl sites for hydroxylation is 1. The van der Waals surface area contributed by atoms with Crippen molar-refractivity contribution in [2.75, 3.05) is 30.3 Å². The summed E-state index contributed by atoms with van der Waals surface area (Å²) < 4.78 is 0. The Kier molecular flexibility index (Phi) is 8.21. The number of benzene rings is 2. The van der Waals surface area contributed by atoms with Crippen LogP contribution in [-0.4, -0.2) is 36.5 Å². The third-order valence-electron chi connectivity index (χ3n) is 5.09. The van der Waals surface area contributed by atoms with Crippen LogP contribution in [0.1, 0.15) is 43.5 Å². The molecule has 0 spiro atoms. The number of carbonyl (C=O) groups excluding carboxylic acids is 2. The summed E-state index contributed by atoms with van der Waals surface area (Å²) in [6.45, 7) is 11.8. The molecular weight excluding hydrogens is 364 g/mol. The maximum absolute atomic E-state index is 12.5. The molecular formula is C23H32N4O2. The predicted octanol–water partition coefficient (Wildman–Crippen LogP) is 4.47. The van der Waals surface area contributed by atoms with E-state index >= 15 is 0 Å². The van der Waals surface area contributed by atoms with Gasteiger partial charge < -0.3 is 16.0 Å². The van der Waals surface area contributed by atoms with E-state index in [1.165, 1.54) is 0 Å². The first-order valence-corrected chi connectivity index (χ1v) is 10.1. The lowest BCUT2D eigenvalue weighted by Crippen LogP contribution is -2.33. The molecule has 29 heavy (non-hydrogen) atoms. The zero-order chi connectivity index (χ0) is 21.4. The topological polar surface area (TPSA) is 73.5 Å². The number of urea groups is 1. The number of hydrogen-bond donors (Lipinski definition) is 3. The Labute approximate surface area is 173 Å². The van der Waals surface area contributed by atoms with E-state index in [9.17, 15) is 9.59 Å². The Morgan fingerprint density at radius 2 is 1.62 bits per heavy atom. The second-order valence-corrected chi connectivity index (χ2v) is 7.17. The first kappa shape index (κ1) is 22.4. The standard InChI is InChI=1S/C23H32N4O2/c1-6-27(7-2)15-21(28)26-22-16(3)13-14-20(17(22)4)25-23(29)24-18(5)19-11-9-8-10-12-19/h8-14,18H,6-7,15H2,1-5H3,(H,26,28)(H2,24,25,29)/t18-/m1/s1. The van der Waals surface area contributed by atoms with E-state index in [0.29, 0.717) is 12.2 Å². The maximum Gasteiger partial charge on any atom is 0.319 e. The summed E-state index contributed by atoms with van der Waals surface area (Å²) in [4.78, 5) is 27.0. The molecule has 0 fully saturated rings. The number of nitrogens with one attached hydrogen (secondary N) is 3. The molecule has 156 valence electrons. The fraction of sp³-hybridized carbons (Fsp3) is 0.391. The normalized spacial score (nSPS) is 11.8. The van der Waals surface area contributed by atoms with Crippen molar-refractivity contribution in [2.24, 2.45) is 0 Å². The van der Waals surface area contributed by atoms with Crippen molar-refractivity contribution in [2.45, 2.75) is 40.7 Å². The van der Waals surface area contributed by atoms with E-state index in [4.69, 9.17) is 0 Å². The SMILES string of the molecule is CCN(CC)CC(=O)Nc1c(C)ccc(NC(=O)N[C@H](C)c2ccccc2)c1C. The van der Waals surface area contributed by atoms with Gasteiger partial charge in [0.1, 0.15) is 0 Å². The van der Waals surface area contributed by atoms with E-state index in [0.717, 1.165) is 35.5 Å². The highest BCUT2D eigenvalue weighted by molar-refractivity contribution is 5.97. The molecule has 3 N–H and O–H groups in total. The molecule has 0 radical (unpaired) electrons. The van der Waals surface area contributed by atoms with E-state index in [2.05, 4.69) is 20.9 Å². The van der Waals surface area contributed by atoms with Gasteiger partial charge in [-0.15, -0.1) is 0 Å². The fourth-order valence-electron chi connectivity index (χ4n) is 3.18. The summed E-state index contributed by atoms with van der Waals surface area (Å²) in [5.74, 6) is -0.0563. The number of carbonyl (C=O) groups is 2. The van der Waals surface area contributed by atoms with Crippen LogP contribution in [0.4, 0.5) is 16.2 Å². The Hall–Kier alpha value is -2.86. The quantitative estimate of drug-likeness (QED) is 0.616. The molecule has 2 aromatic carbocycles. The minimum absolute atomic E-state index is 0.0563. The van der Waals surface area contributed by atoms with Crippen LogP contribution in [0.25, 0.3) is 0 Å². The predicted molar refractivity (Wildman–Crippen MR) is 119 cm³/mol. The lowest BCUT2D eigenvalue weighted by Gasteiger charge is -2.20. The third-order valence-corrected chi connectivity index (χ3v) is 5.09. The van der Waals surface area contributed by atoms with Crippen LogP contribution in [-0.2, 0) is 4.79 Å². The van der Waals surface area contributed by atoms with Gasteiger partial charge in [-0.05, 0) is 56.6 Å². The molecule has 0 aromatic heterocycles. The second-order valence-electron chi connectivity index (χ2n) is 7.17. The maximum atomic E-state index is 12.5. The highest BCUT2D eigenvalue weighted by Crippen LogP contribution is 2.27. The molecule has 1 atom stereocenters. The van der Waals surface area contributed by atoms with Crippen LogP contribution in [0.2, 0.25) is 0 Å². The van der Waals surface area contributed by atoms with Crippen molar-refractivity contribution in [1.29, 1.82) is 0 Å². The van der Waals surface area contributed by atoms with Crippen molar-refractivity contribution in [1.82, 2.24) is 10.2 Å². The summed E-state index contributed by atoms with van der Waals surface area (Å²) in [6, 6.07) is 13.2. The minimum atomic E-state index is -0.284. The van der Waals surface area contributed by atoms with Crippen molar-refractivity contribution >= 4 is 23.3 Å². The van der Waals surface area contributed by atoms with Gasteiger partial charge in [-0.1, -0.05) is 50.2 Å². The van der Waals surface area contributed by atoms with Gasteiger partial charge in [-0.3, -0.25) is 9.69 Å². The molecule has 0 aliphatic heterocycles. The van der Waals surface area contributed by atoms with Gasteiger partial charge in [-0.2, -0.15) is 0 Å². The monoisotopic (exact) mass is 396 g/mol. The summed E-state index contributed by atoms with van der Waals surface area (Å²) in [5, 5.41) is 8.85. The Morgan fingerprint density at radius 3 is 2.24 bits per heavy atom. The van der Waals surface area contributed by atoms with Gasteiger partial charge in [0, 0.05) is 11.4 Å². The summed E-state index contributed by atoms with van der Waals surface area (Å²) >= 11 is 0. The highest BCUT2D eigenvalue weighted by Gasteiger charge is 2.15. The minimum Gasteiger partial charge on any atom is -0.331 e. The molecule has 6 nitrogen and oxygen atoms in total. The number of likely N-dealkylation sites (N-methyl/N-ethyl adjacent to an activating group) is 1. The molecule has 2 aromatic rings. The number of anilines is 2. The second kappa shape index (κ2) is 10.6. The van der Waals surface area contributed by atoms with Crippen molar-refractivity contribution in [3.05, 3.63) is 59.2 Å². The van der Waals surface area contributed by atoms with Crippen molar-refractivity contribution in [3.8, 4) is 0 Å². The molecule has 3 amide bonds. The van der Waals surface area contributed by atoms with E-state index in [1.807, 2.05) is 77.1 Å². The van der Waals surface area contributed by atoms with Gasteiger partial charge in [0.05, 0.1) is 12.6 Å². The van der Waals surface area contributed by atoms with Gasteiger partial charge in [-0.25, -0.2) is 4.79 Å². The lowest BCUT2D eigenvalue weighted by molar-refractivity contribution is -0.117. The molecule has 0 bridgehead atoms. The summed E-state index contributed by atoms with van der Waals surface area (Å²) in [7, 11) is 0. The molecule has 0 saturated heterocycles. The Balaban J connectivity index is 2.07. The van der Waals surface area contributed by atoms with Gasteiger partial charge >= 0.3 is 6.03 Å². The number of rotatable bonds is 8. The van der Waals surface area contributed by atoms with Gasteiger partial charge in [0.15, 0.2) is 0 Å². The number of amides is 3. The van der Waals surface area contributed by atoms with Crippen LogP contribution in [0.3, 0.4) is 0 Å². The molecule has 0 unspecified atom stereocenters. The first-order chi connectivity index (χ1) is 13.8. The highest BCUT2D eigenvalue weighted by atomic mass is 16.2. The summed E-state index contributed by atoms with van der Waals surface area (Å²) in [5.41, 5.74) is 4.25. The van der Waals surface area contributed by atoms with E-state index in [1.54, 1.807) is 0 Å². The lowest BCUT2D eigenvalue weighted by atomic mass is 10.1. The van der Waals surface area contributed by atoms with Crippen molar-refractivity contribution in [3.63, 3.8) is 0 Å². The first-order valence-electron chi connectivity index (χ1n) is 10.1. The summed E-state index contributed by atoms with van der Waals surface area (Å²) in [6.07, 6.45) is 0. The zero-order valence-electron chi connectivity index (χ0n) is 18.0. The van der Waals surface area contributed by atoms with Gasteiger partial charge in [0.25, 0.3) is 0 Å². The average molecular weight is 397 g/mol. The van der Waals surface area contributed by atoms with Crippen LogP contribution in [0, 0.1) is 13.8 Å². The molecule has 0 aliphatic rings. The smallest absolute Gasteiger partial charge is 0.319 e. The zero-order valence-corrected chi connectivity index (χ0v) is 18.0. The average Bonchev–Trinajstić information content (AvgIpc) is 2.72. The van der Waals surface area contributed by atoms with Gasteiger partial charge in [0.2, 0.25) is 5.91 Å². The van der Waals surface area contributed by atoms with Crippen LogP contribution >= 0.6 is 0 Å². The number of nitrogens with zero attached hydrogens (tertiary/aromatic N) is 1. The van der Waals surface area contributed by atoms with Crippen LogP contribution in [0.15, 0.2) is 42.5 Å². The molecule has 2 rings (SSSR count). The molecule has 0 heterocycles. The Morgan fingerprint density at radius 1 is 0.966 bits per heavy atom. The van der Waals surface area contributed by atoms with E-state index < -0.39 is 0 Å². The molecule has 6 heteroatoms. The van der Waals surface area contributed by atoms with Crippen molar-refractivity contribution < 1.29 is 9.59 Å². The molecule has 0 aliphatic carbocycles. The Bertz CT molecular complexity index is 832. The number of hydrogen-bond acceptors (Lipinski definition) is 3. The van der Waals surface area contributed by atoms with E-state index in [-0.39, 0.29) is 18.0 Å². The largest absolute Gasteiger partial charge is 0.331 e. The van der Waals surface area contributed by atoms with Crippen LogP contribution < -0.4 is 16.0 Å². The fourth-order valence-corrected chi connectivity index (χ4v) is 3.18.